The van der Waals surface area contributed by atoms with Crippen molar-refractivity contribution < 1.29 is 9.53 Å². The zero-order valence-electron chi connectivity index (χ0n) is 17.1. The SMILES string of the molecule is CCOc1ccc(NC(=O)c2ccc(Cl)c(-c3ccc(-c4ccccc4)cc3)c2)cc1. The number of carbonyl (C=O) groups excluding carboxylic acids is 1. The Morgan fingerprint density at radius 2 is 1.45 bits per heavy atom. The number of rotatable bonds is 6. The molecule has 4 heteroatoms. The van der Waals surface area contributed by atoms with E-state index in [0.29, 0.717) is 22.9 Å². The lowest BCUT2D eigenvalue weighted by atomic mass is 9.99. The monoisotopic (exact) mass is 427 g/mol. The molecular formula is C27H22ClNO2. The van der Waals surface area contributed by atoms with Gasteiger partial charge in [-0.25, -0.2) is 0 Å². The average molecular weight is 428 g/mol. The van der Waals surface area contributed by atoms with Gasteiger partial charge in [0.2, 0.25) is 0 Å². The highest BCUT2D eigenvalue weighted by Crippen LogP contribution is 2.31. The van der Waals surface area contributed by atoms with Crippen molar-refractivity contribution in [3.8, 4) is 28.0 Å². The lowest BCUT2D eigenvalue weighted by Crippen LogP contribution is -2.12. The number of benzene rings is 4. The average Bonchev–Trinajstić information content (AvgIpc) is 2.81. The molecule has 0 spiro atoms. The summed E-state index contributed by atoms with van der Waals surface area (Å²) in [4.78, 5) is 12.8. The van der Waals surface area contributed by atoms with Crippen LogP contribution in [0.25, 0.3) is 22.3 Å². The van der Waals surface area contributed by atoms with Crippen LogP contribution in [0.15, 0.2) is 97.1 Å². The van der Waals surface area contributed by atoms with Gasteiger partial charge in [-0.3, -0.25) is 4.79 Å². The summed E-state index contributed by atoms with van der Waals surface area (Å²) in [6.07, 6.45) is 0. The third-order valence-corrected chi connectivity index (χ3v) is 5.28. The maximum atomic E-state index is 12.8. The van der Waals surface area contributed by atoms with Gasteiger partial charge in [-0.1, -0.05) is 66.2 Å². The second-order valence-corrected chi connectivity index (χ2v) is 7.46. The van der Waals surface area contributed by atoms with Gasteiger partial charge >= 0.3 is 0 Å². The Labute approximate surface area is 187 Å². The van der Waals surface area contributed by atoms with Crippen molar-refractivity contribution >= 4 is 23.2 Å². The van der Waals surface area contributed by atoms with Crippen LogP contribution in [0, 0.1) is 0 Å². The first kappa shape index (κ1) is 20.7. The van der Waals surface area contributed by atoms with Crippen molar-refractivity contribution in [2.75, 3.05) is 11.9 Å². The topological polar surface area (TPSA) is 38.3 Å². The van der Waals surface area contributed by atoms with E-state index in [1.165, 1.54) is 0 Å². The van der Waals surface area contributed by atoms with Crippen molar-refractivity contribution in [3.63, 3.8) is 0 Å². The Bertz CT molecular complexity index is 1170. The van der Waals surface area contributed by atoms with E-state index in [4.69, 9.17) is 16.3 Å². The van der Waals surface area contributed by atoms with Gasteiger partial charge in [-0.15, -0.1) is 0 Å². The molecule has 0 fully saturated rings. The van der Waals surface area contributed by atoms with Crippen LogP contribution in [0.2, 0.25) is 5.02 Å². The van der Waals surface area contributed by atoms with Gasteiger partial charge in [0.05, 0.1) is 6.61 Å². The van der Waals surface area contributed by atoms with E-state index in [1.54, 1.807) is 12.1 Å². The fourth-order valence-electron chi connectivity index (χ4n) is 3.36. The normalized spacial score (nSPS) is 10.5. The summed E-state index contributed by atoms with van der Waals surface area (Å²) in [6.45, 7) is 2.54. The van der Waals surface area contributed by atoms with Crippen LogP contribution in [0.4, 0.5) is 5.69 Å². The Balaban J connectivity index is 1.54. The summed E-state index contributed by atoms with van der Waals surface area (Å²) in [7, 11) is 0. The van der Waals surface area contributed by atoms with Gasteiger partial charge in [-0.2, -0.15) is 0 Å². The van der Waals surface area contributed by atoms with Crippen molar-refractivity contribution in [2.45, 2.75) is 6.92 Å². The summed E-state index contributed by atoms with van der Waals surface area (Å²) in [5, 5.41) is 3.52. The van der Waals surface area contributed by atoms with Crippen molar-refractivity contribution in [3.05, 3.63) is 108 Å². The molecule has 0 aliphatic heterocycles. The number of halogens is 1. The van der Waals surface area contributed by atoms with E-state index in [0.717, 1.165) is 28.0 Å². The minimum Gasteiger partial charge on any atom is -0.494 e. The molecule has 0 aromatic heterocycles. The quantitative estimate of drug-likeness (QED) is 0.350. The maximum Gasteiger partial charge on any atom is 0.255 e. The second kappa shape index (κ2) is 9.50. The molecule has 1 N–H and O–H groups in total. The first-order valence-electron chi connectivity index (χ1n) is 10.1. The molecule has 0 aliphatic carbocycles. The molecule has 31 heavy (non-hydrogen) atoms. The number of hydrogen-bond acceptors (Lipinski definition) is 2. The van der Waals surface area contributed by atoms with E-state index in [-0.39, 0.29) is 5.91 Å². The number of carbonyl (C=O) groups is 1. The zero-order valence-corrected chi connectivity index (χ0v) is 17.9. The Morgan fingerprint density at radius 1 is 0.806 bits per heavy atom. The second-order valence-electron chi connectivity index (χ2n) is 7.05. The van der Waals surface area contributed by atoms with Gasteiger partial charge in [0.25, 0.3) is 5.91 Å². The molecule has 0 atom stereocenters. The third kappa shape index (κ3) is 4.96. The molecule has 4 rings (SSSR count). The number of nitrogens with one attached hydrogen (secondary N) is 1. The molecule has 0 radical (unpaired) electrons. The minimum atomic E-state index is -0.192. The molecule has 3 nitrogen and oxygen atoms in total. The van der Waals surface area contributed by atoms with Crippen molar-refractivity contribution in [2.24, 2.45) is 0 Å². The Morgan fingerprint density at radius 3 is 2.13 bits per heavy atom. The van der Waals surface area contributed by atoms with Gasteiger partial charge in [-0.05, 0) is 66.1 Å². The maximum absolute atomic E-state index is 12.8. The molecule has 0 heterocycles. The van der Waals surface area contributed by atoms with Crippen LogP contribution in [0.1, 0.15) is 17.3 Å². The van der Waals surface area contributed by atoms with Crippen LogP contribution in [0.3, 0.4) is 0 Å². The predicted octanol–water partition coefficient (Wildman–Crippen LogP) is 7.33. The molecule has 4 aromatic rings. The number of hydrogen-bond donors (Lipinski definition) is 1. The van der Waals surface area contributed by atoms with E-state index in [2.05, 4.69) is 29.6 Å². The molecule has 0 aliphatic rings. The summed E-state index contributed by atoms with van der Waals surface area (Å²) in [5.41, 5.74) is 5.31. The highest BCUT2D eigenvalue weighted by Gasteiger charge is 2.11. The lowest BCUT2D eigenvalue weighted by molar-refractivity contribution is 0.102. The fourth-order valence-corrected chi connectivity index (χ4v) is 3.59. The first-order valence-corrected chi connectivity index (χ1v) is 10.5. The molecule has 4 aromatic carbocycles. The summed E-state index contributed by atoms with van der Waals surface area (Å²) >= 11 is 6.45. The first-order chi connectivity index (χ1) is 15.1. The fraction of sp³-hybridized carbons (Fsp3) is 0.0741. The summed E-state index contributed by atoms with van der Waals surface area (Å²) in [5.74, 6) is 0.580. The van der Waals surface area contributed by atoms with Crippen LogP contribution in [-0.2, 0) is 0 Å². The molecule has 0 bridgehead atoms. The molecule has 0 unspecified atom stereocenters. The van der Waals surface area contributed by atoms with Gasteiger partial charge in [0.15, 0.2) is 0 Å². The van der Waals surface area contributed by atoms with Crippen molar-refractivity contribution in [1.82, 2.24) is 0 Å². The molecule has 1 amide bonds. The minimum absolute atomic E-state index is 0.192. The van der Waals surface area contributed by atoms with E-state index in [1.807, 2.05) is 67.6 Å². The van der Waals surface area contributed by atoms with Gasteiger partial charge in [0.1, 0.15) is 5.75 Å². The van der Waals surface area contributed by atoms with Crippen molar-refractivity contribution in [1.29, 1.82) is 0 Å². The number of ether oxygens (including phenoxy) is 1. The standard InChI is InChI=1S/C27H22ClNO2/c1-2-31-24-15-13-23(14-16-24)29-27(30)22-12-17-26(28)25(18-22)21-10-8-20(9-11-21)19-6-4-3-5-7-19/h3-18H,2H2,1H3,(H,29,30). The van der Waals surface area contributed by atoms with E-state index >= 15 is 0 Å². The van der Waals surface area contributed by atoms with E-state index in [9.17, 15) is 4.79 Å². The van der Waals surface area contributed by atoms with Gasteiger partial charge < -0.3 is 10.1 Å². The van der Waals surface area contributed by atoms with E-state index < -0.39 is 0 Å². The highest BCUT2D eigenvalue weighted by molar-refractivity contribution is 6.33. The van der Waals surface area contributed by atoms with Crippen LogP contribution in [-0.4, -0.2) is 12.5 Å². The highest BCUT2D eigenvalue weighted by atomic mass is 35.5. The smallest absolute Gasteiger partial charge is 0.255 e. The van der Waals surface area contributed by atoms with Gasteiger partial charge in [0, 0.05) is 21.8 Å². The lowest BCUT2D eigenvalue weighted by Gasteiger charge is -2.10. The summed E-state index contributed by atoms with van der Waals surface area (Å²) in [6, 6.07) is 31.0. The predicted molar refractivity (Wildman–Crippen MR) is 128 cm³/mol. The molecule has 0 saturated heterocycles. The van der Waals surface area contributed by atoms with Crippen LogP contribution in [0.5, 0.6) is 5.75 Å². The number of anilines is 1. The Hall–Kier alpha value is -3.56. The largest absolute Gasteiger partial charge is 0.494 e. The van der Waals surface area contributed by atoms with Crippen LogP contribution < -0.4 is 10.1 Å². The molecule has 154 valence electrons. The van der Waals surface area contributed by atoms with Crippen LogP contribution >= 0.6 is 11.6 Å². The third-order valence-electron chi connectivity index (χ3n) is 4.95. The molecule has 0 saturated carbocycles. The Kier molecular flexibility index (Phi) is 6.34. The molecular weight excluding hydrogens is 406 g/mol. The zero-order chi connectivity index (χ0) is 21.6. The number of amides is 1. The summed E-state index contributed by atoms with van der Waals surface area (Å²) < 4.78 is 5.44.